The zero-order chi connectivity index (χ0) is 78.4. The molecule has 0 unspecified atom stereocenters. The maximum absolute atomic E-state index is 6.67. The van der Waals surface area contributed by atoms with Crippen molar-refractivity contribution in [1.29, 1.82) is 0 Å². The molecule has 0 aliphatic carbocycles. The van der Waals surface area contributed by atoms with Gasteiger partial charge in [0, 0.05) is 44.5 Å². The van der Waals surface area contributed by atoms with E-state index in [0.717, 1.165) is 180 Å². The summed E-state index contributed by atoms with van der Waals surface area (Å²) < 4.78 is 50.5. The zero-order valence-corrected chi connectivity index (χ0v) is 68.5. The second kappa shape index (κ2) is 49.7. The van der Waals surface area contributed by atoms with Crippen LogP contribution in [0, 0.1) is 0 Å². The van der Waals surface area contributed by atoms with E-state index in [1.165, 1.54) is 109 Å². The lowest BCUT2D eigenvalue weighted by atomic mass is 10.0. The smallest absolute Gasteiger partial charge is 0.127 e. The van der Waals surface area contributed by atoms with Crippen LogP contribution in [0.5, 0.6) is 46.0 Å². The Kier molecular flexibility index (Phi) is 38.0. The molecule has 9 aromatic rings. The molecular formula is C104H124O8. The monoisotopic (exact) mass is 1500 g/mol. The Hall–Kier alpha value is -10.4. The van der Waals surface area contributed by atoms with E-state index < -0.39 is 0 Å². The maximum Gasteiger partial charge on any atom is 0.127 e. The Balaban J connectivity index is 0.884. The van der Waals surface area contributed by atoms with Crippen LogP contribution in [0.4, 0.5) is 0 Å². The highest BCUT2D eigenvalue weighted by Crippen LogP contribution is 2.40. The van der Waals surface area contributed by atoms with E-state index in [9.17, 15) is 0 Å². The number of rotatable bonds is 51. The number of hydrogen-bond acceptors (Lipinski definition) is 8. The second-order valence-electron chi connectivity index (χ2n) is 29.1. The van der Waals surface area contributed by atoms with E-state index in [2.05, 4.69) is 283 Å². The summed E-state index contributed by atoms with van der Waals surface area (Å²) in [5.74, 6) is 6.49. The highest BCUT2D eigenvalue weighted by Gasteiger charge is 2.16. The summed E-state index contributed by atoms with van der Waals surface area (Å²) in [6.45, 7) is 11.7. The Morgan fingerprint density at radius 1 is 0.196 bits per heavy atom. The van der Waals surface area contributed by atoms with E-state index in [0.29, 0.717) is 26.4 Å². The van der Waals surface area contributed by atoms with Crippen molar-refractivity contribution in [1.82, 2.24) is 0 Å². The van der Waals surface area contributed by atoms with Gasteiger partial charge in [-0.3, -0.25) is 0 Å². The van der Waals surface area contributed by atoms with Gasteiger partial charge in [0.05, 0.1) is 54.9 Å². The molecule has 0 fully saturated rings. The lowest BCUT2D eigenvalue weighted by Gasteiger charge is -2.16. The fourth-order valence-corrected chi connectivity index (χ4v) is 13.6. The molecular weight excluding hydrogens is 1380 g/mol. The summed E-state index contributed by atoms with van der Waals surface area (Å²) in [4.78, 5) is 0. The van der Waals surface area contributed by atoms with Crippen LogP contribution in [0.3, 0.4) is 0 Å². The van der Waals surface area contributed by atoms with Crippen molar-refractivity contribution in [2.24, 2.45) is 0 Å². The van der Waals surface area contributed by atoms with E-state index in [4.69, 9.17) is 37.9 Å². The first-order valence-electron chi connectivity index (χ1n) is 41.8. The molecule has 9 aromatic carbocycles. The first-order chi connectivity index (χ1) is 55.2. The first kappa shape index (κ1) is 85.6. The zero-order valence-electron chi connectivity index (χ0n) is 68.5. The van der Waals surface area contributed by atoms with Crippen molar-refractivity contribution in [2.75, 3.05) is 54.9 Å². The molecule has 0 aromatic heterocycles. The van der Waals surface area contributed by atoms with Gasteiger partial charge < -0.3 is 37.9 Å². The van der Waals surface area contributed by atoms with Crippen LogP contribution in [0.2, 0.25) is 0 Å². The van der Waals surface area contributed by atoms with Crippen molar-refractivity contribution in [3.63, 3.8) is 0 Å². The van der Waals surface area contributed by atoms with Crippen LogP contribution in [-0.4, -0.2) is 54.9 Å². The third kappa shape index (κ3) is 29.0. The Labute approximate surface area is 672 Å². The highest BCUT2D eigenvalue weighted by atomic mass is 16.5. The largest absolute Gasteiger partial charge is 0.496 e. The summed E-state index contributed by atoms with van der Waals surface area (Å²) in [5, 5.41) is 0. The average molecular weight is 1500 g/mol. The van der Waals surface area contributed by atoms with E-state index in [1.807, 2.05) is 12.1 Å². The normalized spacial score (nSPS) is 11.8. The standard InChI is InChI=1S/C104H124O8/c1-9-13-17-21-25-35-69-109-101-76-89(62-55-81-39-31-29-32-40-81)97(105-5)73-93(101)66-59-85-49-43-82(44-50-85)56-63-90-77-102(110-70-36-26-22-18-14-10-2)94(74-98(90)106-6)67-60-86-51-45-83(46-52-86)57-64-91-78-103(111-71-37-27-23-19-15-11-3)95(75-99(91)107-7)68-61-87-53-47-84(48-54-87)58-65-92-79-104(112-72-38-28-24-20-16-12-4)96(80-100(92)108-8)88-41-33-30-34-42-88/h29-34,39-68,73-80H,9-28,35-38,69-72H2,1-8H3/b62-55+,63-56+,64-57+,65-58+,66-59+,67-60+,68-61+. The van der Waals surface area contributed by atoms with Crippen molar-refractivity contribution < 1.29 is 37.9 Å². The second-order valence-corrected chi connectivity index (χ2v) is 29.1. The first-order valence-corrected chi connectivity index (χ1v) is 41.8. The topological polar surface area (TPSA) is 73.8 Å². The lowest BCUT2D eigenvalue weighted by Crippen LogP contribution is -2.00. The molecule has 0 aliphatic heterocycles. The summed E-state index contributed by atoms with van der Waals surface area (Å²) >= 11 is 0. The van der Waals surface area contributed by atoms with Crippen LogP contribution in [0.25, 0.3) is 96.2 Å². The molecule has 0 heterocycles. The molecule has 112 heavy (non-hydrogen) atoms. The van der Waals surface area contributed by atoms with Crippen molar-refractivity contribution in [3.05, 3.63) is 260 Å². The minimum atomic E-state index is 0.638. The van der Waals surface area contributed by atoms with Gasteiger partial charge in [0.25, 0.3) is 0 Å². The Morgan fingerprint density at radius 3 is 0.670 bits per heavy atom. The molecule has 0 amide bonds. The predicted molar refractivity (Wildman–Crippen MR) is 481 cm³/mol. The summed E-state index contributed by atoms with van der Waals surface area (Å²) in [7, 11) is 6.94. The van der Waals surface area contributed by atoms with Crippen LogP contribution < -0.4 is 37.9 Å². The molecule has 8 nitrogen and oxygen atoms in total. The fourth-order valence-electron chi connectivity index (χ4n) is 13.6. The van der Waals surface area contributed by atoms with Gasteiger partial charge >= 0.3 is 0 Å². The number of hydrogen-bond donors (Lipinski definition) is 0. The average Bonchev–Trinajstić information content (AvgIpc) is 0.805. The van der Waals surface area contributed by atoms with Crippen LogP contribution in [0.15, 0.2) is 182 Å². The van der Waals surface area contributed by atoms with Gasteiger partial charge in [-0.25, -0.2) is 0 Å². The molecule has 0 N–H and O–H groups in total. The van der Waals surface area contributed by atoms with Crippen molar-refractivity contribution in [2.45, 2.75) is 182 Å². The predicted octanol–water partition coefficient (Wildman–Crippen LogP) is 29.5. The quantitative estimate of drug-likeness (QED) is 0.0276. The summed E-state index contributed by atoms with van der Waals surface area (Å²) in [6, 6.07) is 63.4. The van der Waals surface area contributed by atoms with Crippen molar-refractivity contribution in [3.8, 4) is 57.1 Å². The molecule has 0 radical (unpaired) electrons. The minimum Gasteiger partial charge on any atom is -0.496 e. The van der Waals surface area contributed by atoms with Gasteiger partial charge in [-0.2, -0.15) is 0 Å². The SMILES string of the molecule is CCCCCCCCOc1cc(/C=C/c2ccccc2)c(OC)cc1/C=C/c1ccc(/C=C/c2cc(OCCCCCCCC)c(/C=C/c3ccc(/C=C/c4cc(OCCCCCCCC)c(/C=C/c5ccc(/C=C/c6cc(OCCCCCCCC)c(-c7ccccc7)cc6OC)cc5)cc4OC)cc3)cc2OC)cc1. The number of ether oxygens (including phenoxy) is 8. The molecule has 0 saturated heterocycles. The molecule has 0 saturated carbocycles. The van der Waals surface area contributed by atoms with E-state index in [1.54, 1.807) is 28.4 Å². The Bertz CT molecular complexity index is 4420. The van der Waals surface area contributed by atoms with Crippen LogP contribution in [-0.2, 0) is 0 Å². The molecule has 0 bridgehead atoms. The maximum atomic E-state index is 6.67. The molecule has 8 heteroatoms. The molecule has 588 valence electrons. The Morgan fingerprint density at radius 2 is 0.402 bits per heavy atom. The van der Waals surface area contributed by atoms with E-state index in [-0.39, 0.29) is 0 Å². The minimum absolute atomic E-state index is 0.638. The lowest BCUT2D eigenvalue weighted by molar-refractivity contribution is 0.303. The van der Waals surface area contributed by atoms with Crippen LogP contribution in [0.1, 0.15) is 260 Å². The number of methoxy groups -OCH3 is 4. The van der Waals surface area contributed by atoms with Gasteiger partial charge in [-0.05, 0) is 119 Å². The van der Waals surface area contributed by atoms with Crippen molar-refractivity contribution >= 4 is 85.1 Å². The third-order valence-corrected chi connectivity index (χ3v) is 20.3. The fraction of sp³-hybridized carbons (Fsp3) is 0.346. The van der Waals surface area contributed by atoms with Gasteiger partial charge in [-0.15, -0.1) is 0 Å². The third-order valence-electron chi connectivity index (χ3n) is 20.3. The molecule has 0 atom stereocenters. The highest BCUT2D eigenvalue weighted by molar-refractivity contribution is 5.85. The summed E-state index contributed by atoms with van der Waals surface area (Å²) in [6.07, 6.45) is 58.5. The van der Waals surface area contributed by atoms with Gasteiger partial charge in [0.1, 0.15) is 46.0 Å². The number of unbranched alkanes of at least 4 members (excludes halogenated alkanes) is 20. The van der Waals surface area contributed by atoms with Gasteiger partial charge in [0.15, 0.2) is 0 Å². The van der Waals surface area contributed by atoms with Crippen LogP contribution >= 0.6 is 0 Å². The summed E-state index contributed by atoms with van der Waals surface area (Å²) in [5.41, 5.74) is 16.4. The van der Waals surface area contributed by atoms with Gasteiger partial charge in [-0.1, -0.05) is 375 Å². The molecule has 0 aliphatic rings. The number of benzene rings is 9. The molecule has 9 rings (SSSR count). The van der Waals surface area contributed by atoms with E-state index >= 15 is 0 Å². The van der Waals surface area contributed by atoms with Gasteiger partial charge in [0.2, 0.25) is 0 Å². The molecule has 0 spiro atoms.